The maximum absolute atomic E-state index is 14.2. The minimum Gasteiger partial charge on any atom is -0.465 e. The molecular weight excluding hydrogens is 614 g/mol. The van der Waals surface area contributed by atoms with Gasteiger partial charge in [-0.2, -0.15) is 0 Å². The van der Waals surface area contributed by atoms with Gasteiger partial charge in [0.25, 0.3) is 0 Å². The number of methoxy groups -OCH3 is 1. The SMILES string of the molecule is CO[C@]1(C)C[C@@H](C)CN(C)CCN(C(=O)Cc2ccccc2)CCCOC(=O)C(C)(C)C(=O)[C@H](C)[C@H]1O[C@@H]1O[C@H](C)C[C@H](N(C)C)[C@H]1O. The van der Waals surface area contributed by atoms with E-state index in [2.05, 4.69) is 11.8 Å². The minimum atomic E-state index is -1.48. The van der Waals surface area contributed by atoms with Crippen LogP contribution in [0.25, 0.3) is 0 Å². The lowest BCUT2D eigenvalue weighted by Crippen LogP contribution is -2.59. The Labute approximate surface area is 288 Å². The van der Waals surface area contributed by atoms with Crippen LogP contribution in [0.15, 0.2) is 30.3 Å². The van der Waals surface area contributed by atoms with E-state index >= 15 is 0 Å². The summed E-state index contributed by atoms with van der Waals surface area (Å²) in [4.78, 5) is 47.1. The van der Waals surface area contributed by atoms with E-state index in [1.165, 1.54) is 0 Å². The lowest BCUT2D eigenvalue weighted by Gasteiger charge is -2.47. The zero-order valence-electron chi connectivity index (χ0n) is 30.9. The Bertz CT molecular complexity index is 1200. The second-order valence-corrected chi connectivity index (χ2v) is 15.0. The minimum absolute atomic E-state index is 0.0149. The topological polar surface area (TPSA) is 118 Å². The van der Waals surface area contributed by atoms with Crippen LogP contribution in [0.3, 0.4) is 0 Å². The number of hydrogen-bond acceptors (Lipinski definition) is 10. The normalized spacial score (nSPS) is 33.7. The number of benzene rings is 1. The van der Waals surface area contributed by atoms with Crippen LogP contribution in [0, 0.1) is 17.3 Å². The molecule has 8 atom stereocenters. The first-order valence-electron chi connectivity index (χ1n) is 17.4. The van der Waals surface area contributed by atoms with Gasteiger partial charge in [-0.15, -0.1) is 0 Å². The molecule has 11 nitrogen and oxygen atoms in total. The molecule has 2 aliphatic heterocycles. The summed E-state index contributed by atoms with van der Waals surface area (Å²) in [5.41, 5.74) is -1.52. The van der Waals surface area contributed by atoms with E-state index < -0.39 is 41.4 Å². The van der Waals surface area contributed by atoms with Crippen LogP contribution in [0.5, 0.6) is 0 Å². The zero-order valence-corrected chi connectivity index (χ0v) is 30.9. The molecule has 0 spiro atoms. The smallest absolute Gasteiger partial charge is 0.319 e. The molecule has 272 valence electrons. The number of amides is 1. The van der Waals surface area contributed by atoms with Crippen molar-refractivity contribution >= 4 is 17.7 Å². The molecule has 11 heteroatoms. The number of aliphatic hydroxyl groups is 1. The van der Waals surface area contributed by atoms with E-state index in [4.69, 9.17) is 18.9 Å². The van der Waals surface area contributed by atoms with Gasteiger partial charge in [0.15, 0.2) is 12.1 Å². The number of nitrogens with zero attached hydrogens (tertiary/aromatic N) is 3. The van der Waals surface area contributed by atoms with Crippen molar-refractivity contribution in [1.82, 2.24) is 14.7 Å². The number of carbonyl (C=O) groups is 3. The van der Waals surface area contributed by atoms with Crippen LogP contribution in [-0.4, -0.2) is 135 Å². The molecule has 0 bridgehead atoms. The first-order chi connectivity index (χ1) is 22.5. The van der Waals surface area contributed by atoms with E-state index in [0.29, 0.717) is 51.9 Å². The van der Waals surface area contributed by atoms with Crippen molar-refractivity contribution in [2.75, 3.05) is 61.0 Å². The van der Waals surface area contributed by atoms with E-state index in [0.717, 1.165) is 5.56 Å². The Morgan fingerprint density at radius 1 is 1.06 bits per heavy atom. The lowest BCUT2D eigenvalue weighted by molar-refractivity contribution is -0.295. The summed E-state index contributed by atoms with van der Waals surface area (Å²) >= 11 is 0. The Kier molecular flexibility index (Phi) is 14.6. The summed E-state index contributed by atoms with van der Waals surface area (Å²) in [5.74, 6) is -1.68. The molecule has 0 aliphatic carbocycles. The van der Waals surface area contributed by atoms with E-state index in [9.17, 15) is 19.5 Å². The van der Waals surface area contributed by atoms with Crippen LogP contribution in [0.4, 0.5) is 0 Å². The van der Waals surface area contributed by atoms with Gasteiger partial charge in [0.2, 0.25) is 5.91 Å². The summed E-state index contributed by atoms with van der Waals surface area (Å²) < 4.78 is 24.7. The molecule has 1 aromatic rings. The first kappa shape index (κ1) is 40.0. The number of esters is 1. The van der Waals surface area contributed by atoms with Crippen LogP contribution < -0.4 is 0 Å². The summed E-state index contributed by atoms with van der Waals surface area (Å²) in [5, 5.41) is 11.4. The molecule has 3 rings (SSSR count). The molecule has 1 amide bonds. The van der Waals surface area contributed by atoms with Crippen molar-refractivity contribution < 1.29 is 38.4 Å². The fourth-order valence-corrected chi connectivity index (χ4v) is 7.23. The van der Waals surface area contributed by atoms with Crippen molar-refractivity contribution in [1.29, 1.82) is 0 Å². The number of ketones is 1. The van der Waals surface area contributed by atoms with Crippen molar-refractivity contribution in [3.63, 3.8) is 0 Å². The molecule has 0 saturated carbocycles. The lowest BCUT2D eigenvalue weighted by atomic mass is 9.74. The van der Waals surface area contributed by atoms with Crippen LogP contribution >= 0.6 is 0 Å². The van der Waals surface area contributed by atoms with E-state index in [1.807, 2.05) is 75.1 Å². The summed E-state index contributed by atoms with van der Waals surface area (Å²) in [6.07, 6.45) is -1.11. The molecule has 1 N–H and O–H groups in total. The average molecular weight is 676 g/mol. The van der Waals surface area contributed by atoms with Gasteiger partial charge in [-0.3, -0.25) is 14.4 Å². The first-order valence-corrected chi connectivity index (χ1v) is 17.4. The second-order valence-electron chi connectivity index (χ2n) is 15.0. The highest BCUT2D eigenvalue weighted by molar-refractivity contribution is 6.04. The Balaban J connectivity index is 1.92. The van der Waals surface area contributed by atoms with Gasteiger partial charge in [0.1, 0.15) is 11.5 Å². The standard InChI is InChI=1S/C37H61N3O8/c1-25-23-37(6,45-10)33(48-34-31(42)29(38(7)8)21-26(2)47-34)27(3)32(43)36(4,5)35(44)46-20-14-17-40(19-18-39(9)24-25)30(41)22-28-15-12-11-13-16-28/h11-13,15-16,25-27,29,31,33-34,42H,14,17-24H2,1-10H3/t25-,26-,27+,29+,31-,33-,34+,37-/m1/s1. The summed E-state index contributed by atoms with van der Waals surface area (Å²) in [6, 6.07) is 9.46. The van der Waals surface area contributed by atoms with Crippen LogP contribution in [-0.2, 0) is 39.8 Å². The van der Waals surface area contributed by atoms with Crippen molar-refractivity contribution in [2.24, 2.45) is 17.3 Å². The van der Waals surface area contributed by atoms with Gasteiger partial charge < -0.3 is 38.8 Å². The van der Waals surface area contributed by atoms with Gasteiger partial charge in [-0.25, -0.2) is 0 Å². The van der Waals surface area contributed by atoms with Gasteiger partial charge in [-0.1, -0.05) is 44.2 Å². The molecular formula is C37H61N3O8. The monoisotopic (exact) mass is 675 g/mol. The summed E-state index contributed by atoms with van der Waals surface area (Å²) in [6.45, 7) is 13.3. The van der Waals surface area contributed by atoms with Crippen molar-refractivity contribution in [3.05, 3.63) is 35.9 Å². The molecule has 0 radical (unpaired) electrons. The molecule has 2 aliphatic rings. The van der Waals surface area contributed by atoms with Crippen molar-refractivity contribution in [2.45, 2.75) is 103 Å². The largest absolute Gasteiger partial charge is 0.465 e. The third-order valence-electron chi connectivity index (χ3n) is 10.1. The zero-order chi connectivity index (χ0) is 35.8. The fraction of sp³-hybridized carbons (Fsp3) is 0.757. The molecule has 2 saturated heterocycles. The third kappa shape index (κ3) is 10.3. The number of carbonyl (C=O) groups excluding carboxylic acids is 3. The Hall–Kier alpha value is -2.41. The third-order valence-corrected chi connectivity index (χ3v) is 10.1. The molecule has 2 heterocycles. The predicted octanol–water partition coefficient (Wildman–Crippen LogP) is 3.41. The highest BCUT2D eigenvalue weighted by Crippen LogP contribution is 2.38. The number of likely N-dealkylation sites (N-methyl/N-ethyl adjacent to an activating group) is 2. The maximum Gasteiger partial charge on any atom is 0.319 e. The molecule has 48 heavy (non-hydrogen) atoms. The number of Topliss-reactive ketones (excluding diaryl/α,β-unsaturated/α-hetero) is 1. The molecule has 0 aromatic heterocycles. The van der Waals surface area contributed by atoms with Gasteiger partial charge in [0.05, 0.1) is 30.8 Å². The number of hydrogen-bond donors (Lipinski definition) is 1. The van der Waals surface area contributed by atoms with Gasteiger partial charge in [0, 0.05) is 45.2 Å². The molecule has 1 aromatic carbocycles. The quantitative estimate of drug-likeness (QED) is 0.355. The highest BCUT2D eigenvalue weighted by atomic mass is 16.7. The number of ether oxygens (including phenoxy) is 4. The maximum atomic E-state index is 14.2. The van der Waals surface area contributed by atoms with Crippen molar-refractivity contribution in [3.8, 4) is 0 Å². The Morgan fingerprint density at radius 2 is 1.73 bits per heavy atom. The second kappa shape index (κ2) is 17.5. The number of cyclic esters (lactones) is 1. The average Bonchev–Trinajstić information content (AvgIpc) is 3.03. The fourth-order valence-electron chi connectivity index (χ4n) is 7.23. The highest BCUT2D eigenvalue weighted by Gasteiger charge is 2.51. The number of aliphatic hydroxyl groups excluding tert-OH is 1. The number of rotatable bonds is 6. The van der Waals surface area contributed by atoms with Crippen LogP contribution in [0.1, 0.15) is 66.4 Å². The van der Waals surface area contributed by atoms with Crippen LogP contribution in [0.2, 0.25) is 0 Å². The van der Waals surface area contributed by atoms with Gasteiger partial charge >= 0.3 is 5.97 Å². The molecule has 0 unspecified atom stereocenters. The summed E-state index contributed by atoms with van der Waals surface area (Å²) in [7, 11) is 7.46. The van der Waals surface area contributed by atoms with E-state index in [1.54, 1.807) is 27.9 Å². The Morgan fingerprint density at radius 3 is 2.35 bits per heavy atom. The van der Waals surface area contributed by atoms with Gasteiger partial charge in [-0.05, 0) is 79.6 Å². The van der Waals surface area contributed by atoms with E-state index in [-0.39, 0.29) is 36.4 Å². The molecule has 2 fully saturated rings. The predicted molar refractivity (Wildman–Crippen MR) is 184 cm³/mol.